The maximum Gasteiger partial charge on any atom is 0.279 e. The number of carbonyl (C=O) groups is 2. The largest absolute Gasteiger partial charge is 0.279 e. The van der Waals surface area contributed by atoms with E-state index in [1.165, 1.54) is 34.5 Å². The van der Waals surface area contributed by atoms with Crippen LogP contribution in [0.1, 0.15) is 33.0 Å². The third-order valence-corrected chi connectivity index (χ3v) is 4.56. The predicted molar refractivity (Wildman–Crippen MR) is 76.6 cm³/mol. The van der Waals surface area contributed by atoms with E-state index in [2.05, 4.69) is 20.9 Å². The van der Waals surface area contributed by atoms with Gasteiger partial charge in [-0.25, -0.2) is 4.98 Å². The maximum absolute atomic E-state index is 11.9. The number of hydrogen-bond acceptors (Lipinski definition) is 5. The van der Waals surface area contributed by atoms with Gasteiger partial charge >= 0.3 is 0 Å². The Hall–Kier alpha value is -2.22. The molecule has 0 aliphatic heterocycles. The number of hydrazine groups is 1. The highest BCUT2D eigenvalue weighted by molar-refractivity contribution is 7.14. The average molecular weight is 305 g/mol. The third kappa shape index (κ3) is 3.27. The van der Waals surface area contributed by atoms with Crippen molar-refractivity contribution in [2.24, 2.45) is 0 Å². The number of aromatic nitrogens is 3. The van der Waals surface area contributed by atoms with Crippen molar-refractivity contribution in [2.45, 2.75) is 32.2 Å². The number of rotatable bonds is 4. The van der Waals surface area contributed by atoms with Crippen LogP contribution in [0.4, 0.5) is 0 Å². The van der Waals surface area contributed by atoms with Crippen LogP contribution in [0.15, 0.2) is 18.7 Å². The Bertz CT molecular complexity index is 628. The lowest BCUT2D eigenvalue weighted by Gasteiger charge is -2.06. The Labute approximate surface area is 125 Å². The molecule has 2 aromatic rings. The molecule has 2 N–H and O–H groups in total. The van der Waals surface area contributed by atoms with E-state index in [4.69, 9.17) is 0 Å². The summed E-state index contributed by atoms with van der Waals surface area (Å²) in [6.07, 6.45) is 6.45. The van der Waals surface area contributed by atoms with Crippen molar-refractivity contribution < 1.29 is 9.59 Å². The first kappa shape index (κ1) is 13.7. The van der Waals surface area contributed by atoms with E-state index in [1.807, 2.05) is 6.07 Å². The van der Waals surface area contributed by atoms with Gasteiger partial charge in [0.05, 0.1) is 11.4 Å². The van der Waals surface area contributed by atoms with Gasteiger partial charge < -0.3 is 0 Å². The van der Waals surface area contributed by atoms with Crippen LogP contribution in [0.2, 0.25) is 0 Å². The molecule has 0 saturated heterocycles. The molecule has 0 spiro atoms. The fraction of sp³-hybridized carbons (Fsp3) is 0.385. The van der Waals surface area contributed by atoms with Gasteiger partial charge in [0.25, 0.3) is 5.91 Å². The Morgan fingerprint density at radius 2 is 2.24 bits per heavy atom. The molecule has 0 bridgehead atoms. The van der Waals surface area contributed by atoms with Crippen molar-refractivity contribution >= 4 is 23.2 Å². The molecular weight excluding hydrogens is 290 g/mol. The van der Waals surface area contributed by atoms with Gasteiger partial charge in [-0.3, -0.25) is 25.1 Å². The number of aryl methyl sites for hydroxylation is 3. The van der Waals surface area contributed by atoms with Gasteiger partial charge in [-0.05, 0) is 30.9 Å². The zero-order valence-electron chi connectivity index (χ0n) is 11.3. The standard InChI is InChI=1S/C13H15N5O2S/c19-12(4-5-18-8-14-7-15-18)16-17-13(20)11-6-9-2-1-3-10(9)21-11/h6-8H,1-5H2,(H,16,19)(H,17,20). The second-order valence-electron chi connectivity index (χ2n) is 4.82. The quantitative estimate of drug-likeness (QED) is 0.813. The Morgan fingerprint density at radius 3 is 3.00 bits per heavy atom. The zero-order chi connectivity index (χ0) is 14.7. The van der Waals surface area contributed by atoms with Crippen LogP contribution in [0.25, 0.3) is 0 Å². The van der Waals surface area contributed by atoms with Crippen molar-refractivity contribution in [1.29, 1.82) is 0 Å². The highest BCUT2D eigenvalue weighted by Gasteiger charge is 2.18. The molecule has 0 unspecified atom stereocenters. The van der Waals surface area contributed by atoms with Crippen LogP contribution in [-0.4, -0.2) is 26.6 Å². The van der Waals surface area contributed by atoms with Crippen LogP contribution in [-0.2, 0) is 24.2 Å². The van der Waals surface area contributed by atoms with Gasteiger partial charge in [-0.15, -0.1) is 11.3 Å². The topological polar surface area (TPSA) is 88.9 Å². The summed E-state index contributed by atoms with van der Waals surface area (Å²) in [5.41, 5.74) is 6.13. The molecule has 0 radical (unpaired) electrons. The highest BCUT2D eigenvalue weighted by atomic mass is 32.1. The van der Waals surface area contributed by atoms with Crippen molar-refractivity contribution in [1.82, 2.24) is 25.6 Å². The lowest BCUT2D eigenvalue weighted by atomic mass is 10.2. The van der Waals surface area contributed by atoms with Crippen molar-refractivity contribution in [2.75, 3.05) is 0 Å². The minimum Gasteiger partial charge on any atom is -0.273 e. The summed E-state index contributed by atoms with van der Waals surface area (Å²) in [5, 5.41) is 3.90. The van der Waals surface area contributed by atoms with Gasteiger partial charge in [0, 0.05) is 11.3 Å². The van der Waals surface area contributed by atoms with E-state index >= 15 is 0 Å². The molecule has 8 heteroatoms. The van der Waals surface area contributed by atoms with Gasteiger partial charge in [0.15, 0.2) is 0 Å². The average Bonchev–Trinajstić information content (AvgIpc) is 3.17. The molecule has 2 heterocycles. The van der Waals surface area contributed by atoms with Crippen LogP contribution in [0, 0.1) is 0 Å². The molecule has 3 rings (SSSR count). The van der Waals surface area contributed by atoms with Crippen molar-refractivity contribution in [3.05, 3.63) is 34.0 Å². The van der Waals surface area contributed by atoms with Gasteiger partial charge in [-0.1, -0.05) is 0 Å². The molecule has 1 aliphatic rings. The Kier molecular flexibility index (Phi) is 3.96. The lowest BCUT2D eigenvalue weighted by molar-refractivity contribution is -0.122. The Balaban J connectivity index is 1.45. The number of nitrogens with zero attached hydrogens (tertiary/aromatic N) is 3. The molecule has 7 nitrogen and oxygen atoms in total. The summed E-state index contributed by atoms with van der Waals surface area (Å²) in [7, 11) is 0. The number of nitrogens with one attached hydrogen (secondary N) is 2. The van der Waals surface area contributed by atoms with Gasteiger partial charge in [0.2, 0.25) is 5.91 Å². The number of carbonyl (C=O) groups excluding carboxylic acids is 2. The van der Waals surface area contributed by atoms with Crippen molar-refractivity contribution in [3.8, 4) is 0 Å². The van der Waals surface area contributed by atoms with Gasteiger partial charge in [0.1, 0.15) is 12.7 Å². The first-order valence-corrected chi connectivity index (χ1v) is 7.57. The minimum atomic E-state index is -0.261. The second-order valence-corrected chi connectivity index (χ2v) is 5.96. The molecule has 1 aliphatic carbocycles. The monoisotopic (exact) mass is 305 g/mol. The molecule has 0 saturated carbocycles. The Morgan fingerprint density at radius 1 is 1.33 bits per heavy atom. The number of hydrogen-bond donors (Lipinski definition) is 2. The zero-order valence-corrected chi connectivity index (χ0v) is 12.2. The third-order valence-electron chi connectivity index (χ3n) is 3.32. The normalized spacial score (nSPS) is 13.0. The fourth-order valence-electron chi connectivity index (χ4n) is 2.26. The van der Waals surface area contributed by atoms with E-state index in [0.29, 0.717) is 11.4 Å². The molecular formula is C13H15N5O2S. The fourth-order valence-corrected chi connectivity index (χ4v) is 3.40. The molecule has 0 fully saturated rings. The van der Waals surface area contributed by atoms with E-state index in [-0.39, 0.29) is 18.2 Å². The highest BCUT2D eigenvalue weighted by Crippen LogP contribution is 2.30. The van der Waals surface area contributed by atoms with Crippen LogP contribution in [0.5, 0.6) is 0 Å². The van der Waals surface area contributed by atoms with Crippen LogP contribution in [0.3, 0.4) is 0 Å². The molecule has 0 atom stereocenters. The molecule has 2 amide bonds. The first-order chi connectivity index (χ1) is 10.2. The minimum absolute atomic E-state index is 0.227. The number of amides is 2. The van der Waals surface area contributed by atoms with Crippen LogP contribution >= 0.6 is 11.3 Å². The van der Waals surface area contributed by atoms with E-state index in [0.717, 1.165) is 12.8 Å². The summed E-state index contributed by atoms with van der Waals surface area (Å²) in [4.78, 5) is 29.3. The molecule has 110 valence electrons. The predicted octanol–water partition coefficient (Wildman–Crippen LogP) is 0.680. The smallest absolute Gasteiger partial charge is 0.273 e. The molecule has 21 heavy (non-hydrogen) atoms. The summed E-state index contributed by atoms with van der Waals surface area (Å²) in [6.45, 7) is 0.426. The number of fused-ring (bicyclic) bond motifs is 1. The van der Waals surface area contributed by atoms with E-state index in [9.17, 15) is 9.59 Å². The second kappa shape index (κ2) is 6.04. The van der Waals surface area contributed by atoms with E-state index < -0.39 is 0 Å². The molecule has 0 aromatic carbocycles. The number of thiophene rings is 1. The molecule has 2 aromatic heterocycles. The maximum atomic E-state index is 11.9. The van der Waals surface area contributed by atoms with Crippen LogP contribution < -0.4 is 10.9 Å². The summed E-state index contributed by atoms with van der Waals surface area (Å²) in [6, 6.07) is 1.92. The summed E-state index contributed by atoms with van der Waals surface area (Å²) >= 11 is 1.51. The first-order valence-electron chi connectivity index (χ1n) is 6.75. The van der Waals surface area contributed by atoms with E-state index in [1.54, 1.807) is 11.0 Å². The lowest BCUT2D eigenvalue weighted by Crippen LogP contribution is -2.41. The van der Waals surface area contributed by atoms with Gasteiger partial charge in [-0.2, -0.15) is 5.10 Å². The summed E-state index contributed by atoms with van der Waals surface area (Å²) in [5.74, 6) is -0.522. The SMILES string of the molecule is O=C(CCn1cncn1)NNC(=O)c1cc2c(s1)CCC2. The van der Waals surface area contributed by atoms with Crippen molar-refractivity contribution in [3.63, 3.8) is 0 Å². The summed E-state index contributed by atoms with van der Waals surface area (Å²) < 4.78 is 1.56.